The van der Waals surface area contributed by atoms with E-state index >= 15 is 0 Å². The van der Waals surface area contributed by atoms with Crippen molar-refractivity contribution in [2.45, 2.75) is 25.7 Å². The number of hydrogen-bond acceptors (Lipinski definition) is 7. The van der Waals surface area contributed by atoms with Gasteiger partial charge in [0.05, 0.1) is 0 Å². The number of aromatic nitrogens is 3. The molecule has 32 heavy (non-hydrogen) atoms. The second kappa shape index (κ2) is 9.52. The third kappa shape index (κ3) is 4.42. The van der Waals surface area contributed by atoms with Gasteiger partial charge in [0.15, 0.2) is 0 Å². The lowest BCUT2D eigenvalue weighted by Gasteiger charge is -2.18. The van der Waals surface area contributed by atoms with Gasteiger partial charge in [0, 0.05) is 16.7 Å². The Morgan fingerprint density at radius 2 is 1.31 bits per heavy atom. The SMILES string of the molecule is C=C/C(C)=C(\O)c1cc(/C(O)=C(\C)C=C)c(S(=O)(=O)n2cncn2)c(/C(O)=C(\C)C=C)c1. The smallest absolute Gasteiger partial charge is 0.285 e. The Morgan fingerprint density at radius 1 is 0.875 bits per heavy atom. The highest BCUT2D eigenvalue weighted by molar-refractivity contribution is 7.90. The maximum absolute atomic E-state index is 13.5. The normalized spacial score (nSPS) is 14.1. The predicted octanol–water partition coefficient (Wildman–Crippen LogP) is 4.94. The zero-order valence-corrected chi connectivity index (χ0v) is 18.9. The van der Waals surface area contributed by atoms with Crippen LogP contribution in [0.2, 0.25) is 0 Å². The number of allylic oxidation sites excluding steroid dienone is 6. The Kier molecular flexibility index (Phi) is 7.27. The molecular weight excluding hydrogens is 430 g/mol. The summed E-state index contributed by atoms with van der Waals surface area (Å²) in [6.07, 6.45) is 6.15. The van der Waals surface area contributed by atoms with Crippen molar-refractivity contribution in [1.29, 1.82) is 0 Å². The number of hydrogen-bond donors (Lipinski definition) is 3. The van der Waals surface area contributed by atoms with Crippen molar-refractivity contribution < 1.29 is 23.7 Å². The number of aliphatic hydroxyl groups excluding tert-OH is 3. The van der Waals surface area contributed by atoms with E-state index in [1.54, 1.807) is 6.92 Å². The van der Waals surface area contributed by atoms with Crippen LogP contribution in [-0.2, 0) is 10.0 Å². The molecule has 0 bridgehead atoms. The van der Waals surface area contributed by atoms with Crippen LogP contribution in [0.1, 0.15) is 37.5 Å². The second-order valence-corrected chi connectivity index (χ2v) is 8.61. The van der Waals surface area contributed by atoms with Crippen LogP contribution >= 0.6 is 0 Å². The van der Waals surface area contributed by atoms with Crippen molar-refractivity contribution in [1.82, 2.24) is 14.2 Å². The Hall–Kier alpha value is -3.85. The summed E-state index contributed by atoms with van der Waals surface area (Å²) < 4.78 is 27.6. The average Bonchev–Trinajstić information content (AvgIpc) is 3.36. The molecule has 0 aliphatic carbocycles. The second-order valence-electron chi connectivity index (χ2n) is 6.88. The van der Waals surface area contributed by atoms with E-state index < -0.39 is 26.4 Å². The first-order chi connectivity index (χ1) is 15.0. The largest absolute Gasteiger partial charge is 0.507 e. The van der Waals surface area contributed by atoms with Crippen LogP contribution < -0.4 is 0 Å². The lowest BCUT2D eigenvalue weighted by molar-refractivity contribution is 0.496. The summed E-state index contributed by atoms with van der Waals surface area (Å²) in [4.78, 5) is 3.24. The van der Waals surface area contributed by atoms with Crippen molar-refractivity contribution in [3.63, 3.8) is 0 Å². The molecule has 3 N–H and O–H groups in total. The third-order valence-corrected chi connectivity index (χ3v) is 6.45. The summed E-state index contributed by atoms with van der Waals surface area (Å²) in [5, 5.41) is 36.2. The topological polar surface area (TPSA) is 126 Å². The van der Waals surface area contributed by atoms with E-state index in [-0.39, 0.29) is 33.6 Å². The highest BCUT2D eigenvalue weighted by Gasteiger charge is 2.31. The minimum absolute atomic E-state index is 0.150. The van der Waals surface area contributed by atoms with E-state index in [0.717, 1.165) is 12.7 Å². The minimum atomic E-state index is -4.43. The van der Waals surface area contributed by atoms with Crippen LogP contribution in [0.3, 0.4) is 0 Å². The molecule has 0 aliphatic heterocycles. The Bertz CT molecular complexity index is 1230. The van der Waals surface area contributed by atoms with Gasteiger partial charge < -0.3 is 15.3 Å². The number of rotatable bonds is 8. The molecule has 0 saturated heterocycles. The first-order valence-corrected chi connectivity index (χ1v) is 10.8. The summed E-state index contributed by atoms with van der Waals surface area (Å²) in [5.74, 6) is -1.02. The molecule has 0 unspecified atom stereocenters. The van der Waals surface area contributed by atoms with Crippen molar-refractivity contribution >= 4 is 27.3 Å². The molecule has 0 saturated carbocycles. The van der Waals surface area contributed by atoms with Crippen molar-refractivity contribution in [2.75, 3.05) is 0 Å². The zero-order valence-electron chi connectivity index (χ0n) is 18.1. The van der Waals surface area contributed by atoms with Crippen molar-refractivity contribution in [3.8, 4) is 0 Å². The number of nitrogens with zero attached hydrogens (tertiary/aromatic N) is 3. The highest BCUT2D eigenvalue weighted by Crippen LogP contribution is 2.36. The molecule has 0 amide bonds. The van der Waals surface area contributed by atoms with E-state index in [9.17, 15) is 23.7 Å². The van der Waals surface area contributed by atoms with Gasteiger partial charge in [-0.2, -0.15) is 8.42 Å². The fourth-order valence-corrected chi connectivity index (χ4v) is 4.15. The van der Waals surface area contributed by atoms with Gasteiger partial charge in [-0.05, 0) is 49.6 Å². The van der Waals surface area contributed by atoms with Gasteiger partial charge in [0.1, 0.15) is 34.8 Å². The molecule has 0 spiro atoms. The molecule has 2 aromatic rings. The average molecular weight is 456 g/mol. The van der Waals surface area contributed by atoms with E-state index in [1.165, 1.54) is 44.2 Å². The zero-order chi connectivity index (χ0) is 24.2. The molecule has 0 aliphatic rings. The van der Waals surface area contributed by atoms with Gasteiger partial charge in [0.25, 0.3) is 10.0 Å². The van der Waals surface area contributed by atoms with Gasteiger partial charge in [-0.1, -0.05) is 38.0 Å². The summed E-state index contributed by atoms with van der Waals surface area (Å²) in [6.45, 7) is 15.5. The summed E-state index contributed by atoms with van der Waals surface area (Å²) in [5.41, 5.74) is 0.764. The van der Waals surface area contributed by atoms with Gasteiger partial charge in [0.2, 0.25) is 0 Å². The van der Waals surface area contributed by atoms with Crippen LogP contribution in [0.25, 0.3) is 17.3 Å². The van der Waals surface area contributed by atoms with Gasteiger partial charge in [-0.15, -0.1) is 9.19 Å². The number of aliphatic hydroxyl groups is 3. The van der Waals surface area contributed by atoms with E-state index in [4.69, 9.17) is 0 Å². The summed E-state index contributed by atoms with van der Waals surface area (Å²) >= 11 is 0. The first-order valence-electron chi connectivity index (χ1n) is 9.37. The molecule has 1 aromatic carbocycles. The Balaban J connectivity index is 3.21. The molecule has 0 radical (unpaired) electrons. The van der Waals surface area contributed by atoms with Crippen LogP contribution in [0.5, 0.6) is 0 Å². The monoisotopic (exact) mass is 455 g/mol. The van der Waals surface area contributed by atoms with Crippen molar-refractivity contribution in [3.05, 3.63) is 96.2 Å². The fourth-order valence-electron chi connectivity index (χ4n) is 2.75. The number of benzene rings is 1. The van der Waals surface area contributed by atoms with Gasteiger partial charge in [-0.3, -0.25) is 0 Å². The Labute approximate surface area is 187 Å². The highest BCUT2D eigenvalue weighted by atomic mass is 32.2. The molecule has 1 aromatic heterocycles. The maximum atomic E-state index is 13.5. The van der Waals surface area contributed by atoms with Gasteiger partial charge in [-0.25, -0.2) is 4.98 Å². The van der Waals surface area contributed by atoms with Crippen LogP contribution in [0, 0.1) is 0 Å². The van der Waals surface area contributed by atoms with Gasteiger partial charge >= 0.3 is 0 Å². The molecule has 0 fully saturated rings. The lowest BCUT2D eigenvalue weighted by Crippen LogP contribution is -2.18. The minimum Gasteiger partial charge on any atom is -0.507 e. The van der Waals surface area contributed by atoms with E-state index in [1.807, 2.05) is 0 Å². The predicted molar refractivity (Wildman–Crippen MR) is 125 cm³/mol. The van der Waals surface area contributed by atoms with Crippen LogP contribution in [0.4, 0.5) is 0 Å². The van der Waals surface area contributed by atoms with Crippen molar-refractivity contribution in [2.24, 2.45) is 0 Å². The summed E-state index contributed by atoms with van der Waals surface area (Å²) in [7, 11) is -4.43. The van der Waals surface area contributed by atoms with E-state index in [2.05, 4.69) is 29.8 Å². The van der Waals surface area contributed by atoms with Crippen LogP contribution in [-0.4, -0.2) is 37.9 Å². The molecule has 9 heteroatoms. The third-order valence-electron chi connectivity index (χ3n) is 4.81. The molecule has 2 rings (SSSR count). The molecule has 0 atom stereocenters. The van der Waals surface area contributed by atoms with E-state index in [0.29, 0.717) is 9.66 Å². The summed E-state index contributed by atoms with van der Waals surface area (Å²) in [6, 6.07) is 2.60. The molecule has 8 nitrogen and oxygen atoms in total. The lowest BCUT2D eigenvalue weighted by atomic mass is 9.97. The molecular formula is C23H25N3O5S. The maximum Gasteiger partial charge on any atom is 0.285 e. The molecule has 168 valence electrons. The van der Waals surface area contributed by atoms with Crippen LogP contribution in [0.15, 0.2) is 84.4 Å². The standard InChI is InChI=1S/C23H25N3O5S/c1-7-14(4)20(27)17-10-18(21(28)15(5)8-2)23(19(11-17)22(29)16(6)9-3)32(30,31)26-13-24-12-25-26/h7-13,27-29H,1-3H2,4-6H3/b20-14-,21-15-,22-16-. The quantitative estimate of drug-likeness (QED) is 0.380. The fraction of sp³-hybridized carbons (Fsp3) is 0.130. The molecule has 1 heterocycles. The Morgan fingerprint density at radius 3 is 1.69 bits per heavy atom. The first kappa shape index (κ1) is 24.4.